The van der Waals surface area contributed by atoms with Crippen LogP contribution in [0, 0.1) is 5.41 Å². The molecule has 0 bridgehead atoms. The van der Waals surface area contributed by atoms with Crippen molar-refractivity contribution in [2.24, 2.45) is 5.41 Å². The van der Waals surface area contributed by atoms with Crippen molar-refractivity contribution in [3.05, 3.63) is 0 Å². The van der Waals surface area contributed by atoms with Gasteiger partial charge in [0, 0.05) is 31.6 Å². The molecule has 120 valence electrons. The molecule has 0 atom stereocenters. The Hall–Kier alpha value is -0.220. The molecule has 0 radical (unpaired) electrons. The van der Waals surface area contributed by atoms with E-state index < -0.39 is 5.92 Å². The van der Waals surface area contributed by atoms with E-state index in [9.17, 15) is 8.78 Å². The molecular weight excluding hydrogens is 258 g/mol. The molecule has 1 saturated carbocycles. The molecule has 0 unspecified atom stereocenters. The maximum Gasteiger partial charge on any atom is 0.257 e. The third-order valence-corrected chi connectivity index (χ3v) is 4.06. The molecule has 1 spiro atoms. The van der Waals surface area contributed by atoms with Crippen LogP contribution >= 0.6 is 0 Å². The van der Waals surface area contributed by atoms with Gasteiger partial charge in [-0.05, 0) is 39.0 Å². The topological polar surface area (TPSA) is 15.3 Å². The van der Waals surface area contributed by atoms with E-state index in [0.29, 0.717) is 11.5 Å². The number of hydrogen-bond donors (Lipinski definition) is 1. The number of alkyl halides is 2. The number of hydrogen-bond acceptors (Lipinski definition) is 2. The molecular formula is C16H32F2N2. The van der Waals surface area contributed by atoms with Crippen molar-refractivity contribution in [3.8, 4) is 0 Å². The molecule has 1 heterocycles. The highest BCUT2D eigenvalue weighted by Gasteiger charge is 2.54. The summed E-state index contributed by atoms with van der Waals surface area (Å²) in [6.07, 6.45) is 3.38. The Labute approximate surface area is 123 Å². The van der Waals surface area contributed by atoms with E-state index >= 15 is 0 Å². The number of likely N-dealkylation sites (tertiary alicyclic amines) is 1. The fraction of sp³-hybridized carbons (Fsp3) is 1.00. The minimum Gasteiger partial charge on any atom is -0.308 e. The van der Waals surface area contributed by atoms with Crippen molar-refractivity contribution < 1.29 is 8.78 Å². The van der Waals surface area contributed by atoms with E-state index in [1.165, 1.54) is 6.42 Å². The van der Waals surface area contributed by atoms with Crippen molar-refractivity contribution in [2.75, 3.05) is 19.6 Å². The molecule has 20 heavy (non-hydrogen) atoms. The van der Waals surface area contributed by atoms with Crippen molar-refractivity contribution in [3.63, 3.8) is 0 Å². The lowest BCUT2D eigenvalue weighted by Gasteiger charge is -2.63. The van der Waals surface area contributed by atoms with Crippen molar-refractivity contribution in [1.29, 1.82) is 0 Å². The van der Waals surface area contributed by atoms with Crippen LogP contribution in [0.25, 0.3) is 0 Å². The highest BCUT2D eigenvalue weighted by Crippen LogP contribution is 2.50. The molecule has 2 aliphatic rings. The first-order valence-electron chi connectivity index (χ1n) is 7.87. The van der Waals surface area contributed by atoms with Gasteiger partial charge in [0.15, 0.2) is 0 Å². The maximum atomic E-state index is 12.7. The molecule has 2 fully saturated rings. The van der Waals surface area contributed by atoms with Gasteiger partial charge in [-0.1, -0.05) is 20.3 Å². The smallest absolute Gasteiger partial charge is 0.257 e. The predicted molar refractivity (Wildman–Crippen MR) is 81.4 cm³/mol. The Balaban J connectivity index is 0.000000612. The quantitative estimate of drug-likeness (QED) is 0.848. The summed E-state index contributed by atoms with van der Waals surface area (Å²) >= 11 is 0. The Morgan fingerprint density at radius 2 is 1.55 bits per heavy atom. The van der Waals surface area contributed by atoms with Gasteiger partial charge in [-0.15, -0.1) is 0 Å². The van der Waals surface area contributed by atoms with Crippen LogP contribution in [0.3, 0.4) is 0 Å². The van der Waals surface area contributed by atoms with Crippen LogP contribution in [0.2, 0.25) is 0 Å². The molecule has 2 rings (SSSR count). The predicted octanol–water partition coefficient (Wildman–Crippen LogP) is 3.91. The lowest BCUT2D eigenvalue weighted by molar-refractivity contribution is -0.120. The van der Waals surface area contributed by atoms with E-state index in [-0.39, 0.29) is 12.1 Å². The van der Waals surface area contributed by atoms with E-state index in [1.54, 1.807) is 0 Å². The molecule has 1 aliphatic heterocycles. The molecule has 0 aromatic rings. The van der Waals surface area contributed by atoms with Crippen molar-refractivity contribution in [2.45, 2.75) is 78.3 Å². The average molecular weight is 290 g/mol. The molecule has 1 saturated heterocycles. The maximum absolute atomic E-state index is 12.7. The highest BCUT2D eigenvalue weighted by atomic mass is 19.3. The van der Waals surface area contributed by atoms with Gasteiger partial charge in [0.1, 0.15) is 0 Å². The van der Waals surface area contributed by atoms with E-state index in [0.717, 1.165) is 32.9 Å². The fourth-order valence-electron chi connectivity index (χ4n) is 2.95. The second-order valence-electron chi connectivity index (χ2n) is 7.79. The molecule has 1 aliphatic carbocycles. The van der Waals surface area contributed by atoms with Gasteiger partial charge in [0.05, 0.1) is 6.54 Å². The molecule has 0 aromatic carbocycles. The largest absolute Gasteiger partial charge is 0.308 e. The van der Waals surface area contributed by atoms with E-state index in [4.69, 9.17) is 0 Å². The number of nitrogens with one attached hydrogen (secondary N) is 1. The van der Waals surface area contributed by atoms with E-state index in [2.05, 4.69) is 44.8 Å². The second-order valence-corrected chi connectivity index (χ2v) is 7.79. The molecule has 1 N–H and O–H groups in total. The molecule has 0 amide bonds. The second kappa shape index (κ2) is 6.27. The first kappa shape index (κ1) is 17.8. The summed E-state index contributed by atoms with van der Waals surface area (Å²) < 4.78 is 25.4. The lowest BCUT2D eigenvalue weighted by Crippen LogP contribution is -2.69. The summed E-state index contributed by atoms with van der Waals surface area (Å²) in [7, 11) is 0. The normalized spacial score (nSPS) is 22.8. The Morgan fingerprint density at radius 1 is 1.10 bits per heavy atom. The average Bonchev–Trinajstić information content (AvgIpc) is 2.09. The van der Waals surface area contributed by atoms with Gasteiger partial charge in [-0.2, -0.15) is 0 Å². The van der Waals surface area contributed by atoms with Gasteiger partial charge in [-0.3, -0.25) is 4.90 Å². The minimum atomic E-state index is -2.58. The van der Waals surface area contributed by atoms with Gasteiger partial charge in [-0.25, -0.2) is 8.78 Å². The number of nitrogens with zero attached hydrogens (tertiary/aromatic N) is 1. The first-order valence-corrected chi connectivity index (χ1v) is 7.87. The zero-order valence-electron chi connectivity index (χ0n) is 14.0. The van der Waals surface area contributed by atoms with Crippen LogP contribution in [0.5, 0.6) is 0 Å². The van der Waals surface area contributed by atoms with Crippen molar-refractivity contribution >= 4 is 0 Å². The Kier molecular flexibility index (Phi) is 5.59. The standard InChI is InChI=1S/C13H24F2N2.C3H8/c1-11(2,3)17-8-13(9-17)5-10(6-13)16-7-12(4,14)15;1-3-2/h10,16H,5-9H2,1-4H3;3H2,1-2H3. The molecule has 2 nitrogen and oxygen atoms in total. The van der Waals surface area contributed by atoms with Gasteiger partial charge < -0.3 is 5.32 Å². The number of rotatable bonds is 3. The van der Waals surface area contributed by atoms with Crippen LogP contribution in [0.4, 0.5) is 8.78 Å². The lowest BCUT2D eigenvalue weighted by atomic mass is 9.59. The third kappa shape index (κ3) is 4.96. The van der Waals surface area contributed by atoms with Crippen LogP contribution in [0.1, 0.15) is 60.8 Å². The summed E-state index contributed by atoms with van der Waals surface area (Å²) in [5.74, 6) is -2.58. The highest BCUT2D eigenvalue weighted by molar-refractivity contribution is 5.09. The SMILES string of the molecule is CC(F)(F)CNC1CC2(C1)CN(C(C)(C)C)C2.CCC. The van der Waals surface area contributed by atoms with Gasteiger partial charge >= 0.3 is 0 Å². The van der Waals surface area contributed by atoms with Crippen LogP contribution in [-0.2, 0) is 0 Å². The summed E-state index contributed by atoms with van der Waals surface area (Å²) in [5.41, 5.74) is 0.689. The van der Waals surface area contributed by atoms with Gasteiger partial charge in [0.25, 0.3) is 5.92 Å². The zero-order valence-corrected chi connectivity index (χ0v) is 14.0. The van der Waals surface area contributed by atoms with Crippen LogP contribution in [-0.4, -0.2) is 42.0 Å². The van der Waals surface area contributed by atoms with Crippen LogP contribution < -0.4 is 5.32 Å². The number of halogens is 2. The van der Waals surface area contributed by atoms with Crippen LogP contribution in [0.15, 0.2) is 0 Å². The first-order chi connectivity index (χ1) is 9.01. The Bertz CT molecular complexity index is 291. The summed E-state index contributed by atoms with van der Waals surface area (Å²) in [6.45, 7) is 14.0. The zero-order chi connectivity index (χ0) is 15.6. The van der Waals surface area contributed by atoms with Crippen molar-refractivity contribution in [1.82, 2.24) is 10.2 Å². The third-order valence-electron chi connectivity index (χ3n) is 4.06. The monoisotopic (exact) mass is 290 g/mol. The molecule has 4 heteroatoms. The Morgan fingerprint density at radius 3 is 1.90 bits per heavy atom. The fourth-order valence-corrected chi connectivity index (χ4v) is 2.95. The molecule has 0 aromatic heterocycles. The van der Waals surface area contributed by atoms with Gasteiger partial charge in [0.2, 0.25) is 0 Å². The van der Waals surface area contributed by atoms with E-state index in [1.807, 2.05) is 0 Å². The summed E-state index contributed by atoms with van der Waals surface area (Å²) in [4.78, 5) is 2.47. The minimum absolute atomic E-state index is 0.184. The summed E-state index contributed by atoms with van der Waals surface area (Å²) in [5, 5.41) is 2.97. The summed E-state index contributed by atoms with van der Waals surface area (Å²) in [6, 6.07) is 0.308.